The van der Waals surface area contributed by atoms with Crippen LogP contribution in [0.1, 0.15) is 28.8 Å². The van der Waals surface area contributed by atoms with E-state index in [1.54, 1.807) is 11.8 Å². The van der Waals surface area contributed by atoms with Crippen LogP contribution < -0.4 is 5.32 Å². The first-order valence-electron chi connectivity index (χ1n) is 8.72. The van der Waals surface area contributed by atoms with Crippen molar-refractivity contribution in [2.75, 3.05) is 0 Å². The van der Waals surface area contributed by atoms with Crippen LogP contribution in [0.3, 0.4) is 0 Å². The van der Waals surface area contributed by atoms with Gasteiger partial charge in [-0.15, -0.1) is 0 Å². The number of nitrogens with one attached hydrogen (secondary N) is 1. The summed E-state index contributed by atoms with van der Waals surface area (Å²) in [7, 11) is 0. The van der Waals surface area contributed by atoms with E-state index in [1.165, 1.54) is 11.1 Å². The van der Waals surface area contributed by atoms with Gasteiger partial charge in [-0.2, -0.15) is 0 Å². The Balaban J connectivity index is 1.58. The van der Waals surface area contributed by atoms with Crippen LogP contribution in [0.5, 0.6) is 0 Å². The van der Waals surface area contributed by atoms with E-state index < -0.39 is 0 Å². The molecule has 1 N–H and O–H groups in total. The molecule has 2 nitrogen and oxygen atoms in total. The summed E-state index contributed by atoms with van der Waals surface area (Å²) >= 11 is 14.2. The van der Waals surface area contributed by atoms with Gasteiger partial charge in [-0.05, 0) is 28.8 Å². The quantitative estimate of drug-likeness (QED) is 0.517. The molecule has 1 heterocycles. The average Bonchev–Trinajstić information content (AvgIpc) is 3.13. The number of halogens is 2. The third kappa shape index (κ3) is 4.16. The Kier molecular flexibility index (Phi) is 5.72. The summed E-state index contributed by atoms with van der Waals surface area (Å²) in [5.74, 6) is 0.674. The summed E-state index contributed by atoms with van der Waals surface area (Å²) in [6.45, 7) is 0. The minimum atomic E-state index is 0.0396. The number of hydrogen-bond acceptors (Lipinski definition) is 3. The molecule has 5 heteroatoms. The molecular formula is C22H18Cl2N2S. The second kappa shape index (κ2) is 8.39. The Bertz CT molecular complexity index is 925. The summed E-state index contributed by atoms with van der Waals surface area (Å²) in [5.41, 5.74) is 3.36. The van der Waals surface area contributed by atoms with Crippen LogP contribution in [-0.4, -0.2) is 5.17 Å². The lowest BCUT2D eigenvalue weighted by molar-refractivity contribution is 0.573. The molecule has 0 bridgehead atoms. The van der Waals surface area contributed by atoms with Gasteiger partial charge in [0, 0.05) is 15.8 Å². The molecule has 0 aromatic heterocycles. The Labute approximate surface area is 173 Å². The lowest BCUT2D eigenvalue weighted by Crippen LogP contribution is -2.22. The van der Waals surface area contributed by atoms with Crippen molar-refractivity contribution in [3.8, 4) is 0 Å². The molecule has 3 aromatic rings. The highest BCUT2D eigenvalue weighted by molar-refractivity contribution is 8.13. The molecule has 0 fully saturated rings. The zero-order chi connectivity index (χ0) is 18.6. The van der Waals surface area contributed by atoms with E-state index in [4.69, 9.17) is 28.2 Å². The van der Waals surface area contributed by atoms with Gasteiger partial charge >= 0.3 is 0 Å². The molecule has 0 saturated heterocycles. The minimum absolute atomic E-state index is 0.0396. The fourth-order valence-electron chi connectivity index (χ4n) is 3.18. The third-order valence-corrected chi connectivity index (χ3v) is 6.20. The molecule has 0 saturated carbocycles. The highest BCUT2D eigenvalue weighted by Gasteiger charge is 2.31. The van der Waals surface area contributed by atoms with Crippen LogP contribution in [0.4, 0.5) is 0 Å². The number of benzene rings is 3. The van der Waals surface area contributed by atoms with Gasteiger partial charge in [0.25, 0.3) is 0 Å². The maximum Gasteiger partial charge on any atom is 0.158 e. The van der Waals surface area contributed by atoms with E-state index in [1.807, 2.05) is 30.3 Å². The number of thioether (sulfide) groups is 1. The average molecular weight is 413 g/mol. The van der Waals surface area contributed by atoms with Crippen LogP contribution in [0.2, 0.25) is 10.0 Å². The third-order valence-electron chi connectivity index (χ3n) is 4.57. The number of rotatable bonds is 4. The SMILES string of the molecule is Clc1cccc(Cl)c1CSC1=NC(c2ccccc2)C(c2ccccc2)N1. The maximum atomic E-state index is 6.31. The molecule has 4 rings (SSSR count). The van der Waals surface area contributed by atoms with E-state index in [0.717, 1.165) is 10.7 Å². The molecule has 2 unspecified atom stereocenters. The van der Waals surface area contributed by atoms with E-state index >= 15 is 0 Å². The number of aliphatic imine (C=N–C) groups is 1. The van der Waals surface area contributed by atoms with Crippen LogP contribution >= 0.6 is 35.0 Å². The van der Waals surface area contributed by atoms with Gasteiger partial charge in [0.05, 0.1) is 6.04 Å². The van der Waals surface area contributed by atoms with Crippen molar-refractivity contribution in [2.45, 2.75) is 17.8 Å². The van der Waals surface area contributed by atoms with Crippen molar-refractivity contribution >= 4 is 40.1 Å². The van der Waals surface area contributed by atoms with Gasteiger partial charge in [0.1, 0.15) is 6.04 Å². The predicted molar refractivity (Wildman–Crippen MR) is 117 cm³/mol. The zero-order valence-corrected chi connectivity index (χ0v) is 16.8. The maximum absolute atomic E-state index is 6.31. The number of nitrogens with zero attached hydrogens (tertiary/aromatic N) is 1. The fourth-order valence-corrected chi connectivity index (χ4v) is 4.86. The molecule has 1 aliphatic rings. The molecule has 2 atom stereocenters. The first-order chi connectivity index (χ1) is 13.2. The molecule has 1 aliphatic heterocycles. The van der Waals surface area contributed by atoms with Crippen molar-refractivity contribution in [1.82, 2.24) is 5.32 Å². The number of hydrogen-bond donors (Lipinski definition) is 1. The van der Waals surface area contributed by atoms with Crippen molar-refractivity contribution in [2.24, 2.45) is 4.99 Å². The van der Waals surface area contributed by atoms with E-state index in [0.29, 0.717) is 15.8 Å². The normalized spacial score (nSPS) is 18.8. The highest BCUT2D eigenvalue weighted by atomic mass is 35.5. The van der Waals surface area contributed by atoms with Crippen molar-refractivity contribution in [3.05, 3.63) is 106 Å². The number of amidine groups is 1. The summed E-state index contributed by atoms with van der Waals surface area (Å²) in [6, 6.07) is 26.6. The molecule has 3 aromatic carbocycles. The standard InChI is InChI=1S/C22H18Cl2N2S/c23-18-12-7-13-19(24)17(18)14-27-22-25-20(15-8-3-1-4-9-15)21(26-22)16-10-5-2-6-11-16/h1-13,20-21H,14H2,(H,25,26). The largest absolute Gasteiger partial charge is 0.356 e. The summed E-state index contributed by atoms with van der Waals surface area (Å²) in [4.78, 5) is 4.97. The summed E-state index contributed by atoms with van der Waals surface area (Å²) in [5, 5.41) is 5.88. The Hall–Kier alpha value is -1.94. The molecule has 0 radical (unpaired) electrons. The lowest BCUT2D eigenvalue weighted by Gasteiger charge is -2.19. The van der Waals surface area contributed by atoms with Crippen LogP contribution in [0, 0.1) is 0 Å². The van der Waals surface area contributed by atoms with Crippen molar-refractivity contribution in [1.29, 1.82) is 0 Å². The highest BCUT2D eigenvalue weighted by Crippen LogP contribution is 2.38. The van der Waals surface area contributed by atoms with E-state index in [9.17, 15) is 0 Å². The second-order valence-corrected chi connectivity index (χ2v) is 8.09. The van der Waals surface area contributed by atoms with Gasteiger partial charge in [-0.1, -0.05) is 102 Å². The van der Waals surface area contributed by atoms with Gasteiger partial charge in [-0.3, -0.25) is 4.99 Å². The monoisotopic (exact) mass is 412 g/mol. The van der Waals surface area contributed by atoms with Gasteiger partial charge < -0.3 is 5.32 Å². The molecule has 0 amide bonds. The van der Waals surface area contributed by atoms with Gasteiger partial charge in [0.15, 0.2) is 5.17 Å². The van der Waals surface area contributed by atoms with Crippen molar-refractivity contribution < 1.29 is 0 Å². The topological polar surface area (TPSA) is 24.4 Å². The zero-order valence-electron chi connectivity index (χ0n) is 14.5. The smallest absolute Gasteiger partial charge is 0.158 e. The molecular weight excluding hydrogens is 395 g/mol. The minimum Gasteiger partial charge on any atom is -0.356 e. The molecule has 136 valence electrons. The predicted octanol–water partition coefficient (Wildman–Crippen LogP) is 6.67. The first-order valence-corrected chi connectivity index (χ1v) is 10.5. The van der Waals surface area contributed by atoms with Crippen LogP contribution in [-0.2, 0) is 5.75 Å². The van der Waals surface area contributed by atoms with Gasteiger partial charge in [-0.25, -0.2) is 0 Å². The second-order valence-electron chi connectivity index (χ2n) is 6.31. The van der Waals surface area contributed by atoms with Crippen LogP contribution in [0.15, 0.2) is 83.9 Å². The van der Waals surface area contributed by atoms with Gasteiger partial charge in [0.2, 0.25) is 0 Å². The fraction of sp³-hybridized carbons (Fsp3) is 0.136. The lowest BCUT2D eigenvalue weighted by atomic mass is 9.95. The Morgan fingerprint density at radius 1 is 0.778 bits per heavy atom. The Morgan fingerprint density at radius 3 is 2.00 bits per heavy atom. The summed E-state index contributed by atoms with van der Waals surface area (Å²) in [6.07, 6.45) is 0. The summed E-state index contributed by atoms with van der Waals surface area (Å²) < 4.78 is 0. The van der Waals surface area contributed by atoms with Crippen molar-refractivity contribution in [3.63, 3.8) is 0 Å². The molecule has 27 heavy (non-hydrogen) atoms. The molecule has 0 aliphatic carbocycles. The van der Waals surface area contributed by atoms with E-state index in [2.05, 4.69) is 53.8 Å². The van der Waals surface area contributed by atoms with Crippen LogP contribution in [0.25, 0.3) is 0 Å². The molecule has 0 spiro atoms. The van der Waals surface area contributed by atoms with E-state index in [-0.39, 0.29) is 12.1 Å². The first kappa shape index (κ1) is 18.4. The Morgan fingerprint density at radius 2 is 1.37 bits per heavy atom.